The Labute approximate surface area is 103 Å². The summed E-state index contributed by atoms with van der Waals surface area (Å²) in [6, 6.07) is 5.90. The highest BCUT2D eigenvalue weighted by Gasteiger charge is 2.22. The number of anilines is 1. The summed E-state index contributed by atoms with van der Waals surface area (Å²) in [6.45, 7) is 5.71. The van der Waals surface area contributed by atoms with Crippen molar-refractivity contribution in [1.29, 1.82) is 0 Å². The average Bonchev–Trinajstić information content (AvgIpc) is 3.10. The molecule has 2 N–H and O–H groups in total. The highest BCUT2D eigenvalue weighted by molar-refractivity contribution is 5.99. The van der Waals surface area contributed by atoms with Gasteiger partial charge in [0, 0.05) is 18.8 Å². The predicted octanol–water partition coefficient (Wildman–Crippen LogP) is 2.57. The number of carbonyl (C=O) groups excluding carboxylic acids is 1. The second kappa shape index (κ2) is 5.21. The Kier molecular flexibility index (Phi) is 3.67. The van der Waals surface area contributed by atoms with E-state index in [1.165, 1.54) is 18.4 Å². The molecule has 3 nitrogen and oxygen atoms in total. The van der Waals surface area contributed by atoms with Gasteiger partial charge in [-0.1, -0.05) is 6.07 Å². The summed E-state index contributed by atoms with van der Waals surface area (Å²) in [6.07, 6.45) is 2.52. The fraction of sp³-hybridized carbons (Fsp3) is 0.500. The number of aryl methyl sites for hydroxylation is 1. The van der Waals surface area contributed by atoms with Crippen molar-refractivity contribution in [2.75, 3.05) is 18.4 Å². The number of hydrogen-bond acceptors (Lipinski definition) is 2. The molecule has 0 bridgehead atoms. The van der Waals surface area contributed by atoms with Gasteiger partial charge in [-0.05, 0) is 50.3 Å². The quantitative estimate of drug-likeness (QED) is 0.819. The molecule has 0 saturated heterocycles. The summed E-state index contributed by atoms with van der Waals surface area (Å²) in [5.74, 6) is 0.750. The maximum absolute atomic E-state index is 12.0. The van der Waals surface area contributed by atoms with Crippen LogP contribution in [0.25, 0.3) is 0 Å². The molecule has 0 aromatic heterocycles. The molecule has 1 aromatic rings. The van der Waals surface area contributed by atoms with Crippen molar-refractivity contribution in [2.24, 2.45) is 5.92 Å². The van der Waals surface area contributed by atoms with E-state index in [4.69, 9.17) is 0 Å². The van der Waals surface area contributed by atoms with Crippen molar-refractivity contribution in [3.8, 4) is 0 Å². The Morgan fingerprint density at radius 3 is 2.82 bits per heavy atom. The summed E-state index contributed by atoms with van der Waals surface area (Å²) in [5, 5.41) is 6.24. The van der Waals surface area contributed by atoms with Gasteiger partial charge >= 0.3 is 0 Å². The van der Waals surface area contributed by atoms with Crippen molar-refractivity contribution >= 4 is 11.6 Å². The molecule has 0 radical (unpaired) electrons. The van der Waals surface area contributed by atoms with Crippen molar-refractivity contribution < 1.29 is 4.79 Å². The molecular weight excluding hydrogens is 212 g/mol. The van der Waals surface area contributed by atoms with E-state index in [1.807, 2.05) is 32.0 Å². The van der Waals surface area contributed by atoms with Gasteiger partial charge in [0.2, 0.25) is 0 Å². The number of rotatable bonds is 5. The zero-order chi connectivity index (χ0) is 12.3. The van der Waals surface area contributed by atoms with Crippen LogP contribution in [0.2, 0.25) is 0 Å². The lowest BCUT2D eigenvalue weighted by Crippen LogP contribution is -2.26. The van der Waals surface area contributed by atoms with E-state index in [9.17, 15) is 4.79 Å². The summed E-state index contributed by atoms with van der Waals surface area (Å²) >= 11 is 0. The lowest BCUT2D eigenvalue weighted by atomic mass is 10.1. The normalized spacial score (nSPS) is 14.5. The minimum absolute atomic E-state index is 0.0350. The van der Waals surface area contributed by atoms with Gasteiger partial charge in [-0.25, -0.2) is 0 Å². The van der Waals surface area contributed by atoms with Crippen LogP contribution in [0.3, 0.4) is 0 Å². The number of hydrogen-bond donors (Lipinski definition) is 2. The number of benzene rings is 1. The van der Waals surface area contributed by atoms with Crippen LogP contribution in [0.1, 0.15) is 35.7 Å². The molecule has 1 fully saturated rings. The minimum atomic E-state index is 0.0350. The van der Waals surface area contributed by atoms with E-state index < -0.39 is 0 Å². The van der Waals surface area contributed by atoms with Gasteiger partial charge in [0.1, 0.15) is 0 Å². The number of nitrogens with one attached hydrogen (secondary N) is 2. The smallest absolute Gasteiger partial charge is 0.253 e. The predicted molar refractivity (Wildman–Crippen MR) is 70.4 cm³/mol. The molecule has 0 atom stereocenters. The molecule has 0 unspecified atom stereocenters. The van der Waals surface area contributed by atoms with E-state index in [0.29, 0.717) is 5.92 Å². The van der Waals surface area contributed by atoms with Crippen molar-refractivity contribution in [3.63, 3.8) is 0 Å². The molecule has 3 heteroatoms. The average molecular weight is 232 g/mol. The number of amides is 1. The molecule has 0 heterocycles. The fourth-order valence-corrected chi connectivity index (χ4v) is 1.85. The summed E-state index contributed by atoms with van der Waals surface area (Å²) in [4.78, 5) is 12.0. The Bertz CT molecular complexity index is 411. The molecule has 1 saturated carbocycles. The molecular formula is C14H20N2O. The van der Waals surface area contributed by atoms with Crippen LogP contribution in [-0.2, 0) is 0 Å². The van der Waals surface area contributed by atoms with E-state index in [2.05, 4.69) is 10.6 Å². The maximum atomic E-state index is 12.0. The lowest BCUT2D eigenvalue weighted by Gasteiger charge is -2.11. The maximum Gasteiger partial charge on any atom is 0.253 e. The first-order valence-electron chi connectivity index (χ1n) is 6.33. The zero-order valence-electron chi connectivity index (χ0n) is 10.5. The van der Waals surface area contributed by atoms with Crippen LogP contribution in [0, 0.1) is 12.8 Å². The second-order valence-electron chi connectivity index (χ2n) is 4.73. The molecule has 17 heavy (non-hydrogen) atoms. The van der Waals surface area contributed by atoms with E-state index in [0.717, 1.165) is 24.3 Å². The fourth-order valence-electron chi connectivity index (χ4n) is 1.85. The SMILES string of the molecule is CCNc1cc(C)ccc1C(=O)NCC1CC1. The molecule has 92 valence electrons. The molecule has 1 aliphatic rings. The monoisotopic (exact) mass is 232 g/mol. The summed E-state index contributed by atoms with van der Waals surface area (Å²) < 4.78 is 0. The Morgan fingerprint density at radius 2 is 2.18 bits per heavy atom. The zero-order valence-corrected chi connectivity index (χ0v) is 10.5. The first-order chi connectivity index (χ1) is 8.20. The molecule has 2 rings (SSSR count). The molecule has 1 aromatic carbocycles. The van der Waals surface area contributed by atoms with Crippen LogP contribution < -0.4 is 10.6 Å². The highest BCUT2D eigenvalue weighted by Crippen LogP contribution is 2.27. The first kappa shape index (κ1) is 12.0. The van der Waals surface area contributed by atoms with Crippen LogP contribution in [-0.4, -0.2) is 19.0 Å². The Morgan fingerprint density at radius 1 is 1.41 bits per heavy atom. The largest absolute Gasteiger partial charge is 0.385 e. The van der Waals surface area contributed by atoms with Crippen molar-refractivity contribution in [3.05, 3.63) is 29.3 Å². The number of carbonyl (C=O) groups is 1. The lowest BCUT2D eigenvalue weighted by molar-refractivity contribution is 0.0952. The third kappa shape index (κ3) is 3.22. The second-order valence-corrected chi connectivity index (χ2v) is 4.73. The highest BCUT2D eigenvalue weighted by atomic mass is 16.1. The van der Waals surface area contributed by atoms with Crippen molar-refractivity contribution in [1.82, 2.24) is 5.32 Å². The van der Waals surface area contributed by atoms with E-state index in [1.54, 1.807) is 0 Å². The Balaban J connectivity index is 2.08. The van der Waals surface area contributed by atoms with Gasteiger partial charge < -0.3 is 10.6 Å². The first-order valence-corrected chi connectivity index (χ1v) is 6.33. The molecule has 1 amide bonds. The van der Waals surface area contributed by atoms with Crippen molar-refractivity contribution in [2.45, 2.75) is 26.7 Å². The van der Waals surface area contributed by atoms with Crippen LogP contribution in [0.4, 0.5) is 5.69 Å². The van der Waals surface area contributed by atoms with Crippen LogP contribution in [0.5, 0.6) is 0 Å². The van der Waals surface area contributed by atoms with E-state index in [-0.39, 0.29) is 5.91 Å². The third-order valence-corrected chi connectivity index (χ3v) is 3.04. The summed E-state index contributed by atoms with van der Waals surface area (Å²) in [7, 11) is 0. The molecule has 1 aliphatic carbocycles. The molecule has 0 spiro atoms. The topological polar surface area (TPSA) is 41.1 Å². The molecule has 0 aliphatic heterocycles. The van der Waals surface area contributed by atoms with Gasteiger partial charge in [-0.3, -0.25) is 4.79 Å². The standard InChI is InChI=1S/C14H20N2O/c1-3-15-13-8-10(2)4-7-12(13)14(17)16-9-11-5-6-11/h4,7-8,11,15H,3,5-6,9H2,1-2H3,(H,16,17). The minimum Gasteiger partial charge on any atom is -0.385 e. The van der Waals surface area contributed by atoms with Gasteiger partial charge in [0.25, 0.3) is 5.91 Å². The van der Waals surface area contributed by atoms with Gasteiger partial charge in [-0.2, -0.15) is 0 Å². The van der Waals surface area contributed by atoms with Gasteiger partial charge in [-0.15, -0.1) is 0 Å². The van der Waals surface area contributed by atoms with Gasteiger partial charge in [0.05, 0.1) is 5.56 Å². The summed E-state index contributed by atoms with van der Waals surface area (Å²) in [5.41, 5.74) is 2.85. The van der Waals surface area contributed by atoms with E-state index >= 15 is 0 Å². The van der Waals surface area contributed by atoms with Gasteiger partial charge in [0.15, 0.2) is 0 Å². The Hall–Kier alpha value is -1.51. The third-order valence-electron chi connectivity index (χ3n) is 3.04. The van der Waals surface area contributed by atoms with Crippen LogP contribution >= 0.6 is 0 Å². The van der Waals surface area contributed by atoms with Crippen LogP contribution in [0.15, 0.2) is 18.2 Å².